The largest absolute Gasteiger partial charge is 0.379 e. The molecule has 1 unspecified atom stereocenters. The molecule has 0 radical (unpaired) electrons. The Kier molecular flexibility index (Phi) is 7.66. The average Bonchev–Trinajstić information content (AvgIpc) is 3.36. The van der Waals surface area contributed by atoms with Gasteiger partial charge >= 0.3 is 0 Å². The van der Waals surface area contributed by atoms with Crippen molar-refractivity contribution in [2.75, 3.05) is 31.6 Å². The lowest BCUT2D eigenvalue weighted by Crippen LogP contribution is -2.45. The van der Waals surface area contributed by atoms with E-state index in [2.05, 4.69) is 15.5 Å². The molecule has 1 atom stereocenters. The number of ether oxygens (including phenoxy) is 1. The van der Waals surface area contributed by atoms with Crippen LogP contribution in [0.25, 0.3) is 0 Å². The lowest BCUT2D eigenvalue weighted by atomic mass is 10.0. The Bertz CT molecular complexity index is 1000. The second-order valence-electron chi connectivity index (χ2n) is 7.77. The molecule has 7 heteroatoms. The number of carbonyl (C=O) groups is 2. The van der Waals surface area contributed by atoms with E-state index in [9.17, 15) is 9.59 Å². The molecule has 2 amide bonds. The zero-order valence-corrected chi connectivity index (χ0v) is 18.6. The predicted molar refractivity (Wildman–Crippen MR) is 127 cm³/mol. The van der Waals surface area contributed by atoms with Gasteiger partial charge in [-0.05, 0) is 34.7 Å². The third kappa shape index (κ3) is 6.26. The van der Waals surface area contributed by atoms with Gasteiger partial charge in [0.25, 0.3) is 5.91 Å². The number of morpholine rings is 1. The van der Waals surface area contributed by atoms with Crippen molar-refractivity contribution in [2.24, 2.45) is 0 Å². The Labute approximate surface area is 192 Å². The minimum absolute atomic E-state index is 0.236. The quantitative estimate of drug-likeness (QED) is 0.552. The molecule has 3 aromatic rings. The minimum Gasteiger partial charge on any atom is -0.379 e. The number of carbonyl (C=O) groups excluding carboxylic acids is 2. The number of amides is 2. The summed E-state index contributed by atoms with van der Waals surface area (Å²) in [6.07, 6.45) is 0.416. The highest BCUT2D eigenvalue weighted by atomic mass is 32.1. The molecule has 32 heavy (non-hydrogen) atoms. The molecule has 166 valence electrons. The molecule has 1 aromatic heterocycles. The Hall–Kier alpha value is -3.00. The molecule has 6 nitrogen and oxygen atoms in total. The summed E-state index contributed by atoms with van der Waals surface area (Å²) >= 11 is 1.36. The molecule has 2 aromatic carbocycles. The summed E-state index contributed by atoms with van der Waals surface area (Å²) in [6.45, 7) is 4.28. The fraction of sp³-hybridized carbons (Fsp3) is 0.280. The van der Waals surface area contributed by atoms with Gasteiger partial charge in [0.2, 0.25) is 5.91 Å². The maximum Gasteiger partial charge on any atom is 0.262 e. The van der Waals surface area contributed by atoms with Crippen LogP contribution in [0.3, 0.4) is 0 Å². The number of anilines is 1. The first kappa shape index (κ1) is 22.2. The van der Waals surface area contributed by atoms with Crippen LogP contribution in [0, 0.1) is 0 Å². The molecule has 0 bridgehead atoms. The fourth-order valence-electron chi connectivity index (χ4n) is 3.64. The second-order valence-corrected chi connectivity index (χ2v) is 8.72. The summed E-state index contributed by atoms with van der Waals surface area (Å²) < 4.78 is 5.40. The number of benzene rings is 2. The van der Waals surface area contributed by atoms with Gasteiger partial charge < -0.3 is 15.4 Å². The molecule has 0 saturated carbocycles. The topological polar surface area (TPSA) is 70.7 Å². The minimum atomic E-state index is -0.681. The first-order valence-electron chi connectivity index (χ1n) is 10.8. The van der Waals surface area contributed by atoms with Crippen LogP contribution in [0.15, 0.2) is 72.1 Å². The third-order valence-corrected chi connectivity index (χ3v) is 6.25. The Morgan fingerprint density at radius 1 is 0.938 bits per heavy atom. The van der Waals surface area contributed by atoms with Crippen molar-refractivity contribution < 1.29 is 14.3 Å². The average molecular weight is 450 g/mol. The molecule has 2 heterocycles. The van der Waals surface area contributed by atoms with Crippen LogP contribution < -0.4 is 10.6 Å². The second kappa shape index (κ2) is 11.0. The number of hydrogen-bond donors (Lipinski definition) is 2. The van der Waals surface area contributed by atoms with Crippen molar-refractivity contribution in [1.82, 2.24) is 10.2 Å². The van der Waals surface area contributed by atoms with Crippen molar-refractivity contribution in [3.63, 3.8) is 0 Å². The van der Waals surface area contributed by atoms with Gasteiger partial charge in [-0.3, -0.25) is 14.5 Å². The van der Waals surface area contributed by atoms with E-state index >= 15 is 0 Å². The highest BCUT2D eigenvalue weighted by Gasteiger charge is 2.22. The number of nitrogens with zero attached hydrogens (tertiary/aromatic N) is 1. The van der Waals surface area contributed by atoms with Crippen LogP contribution in [0.1, 0.15) is 20.8 Å². The standard InChI is InChI=1S/C25H27N3O3S/c29-24(26-21-10-8-20(9-11-21)18-28-12-14-31-15-13-28)22(17-19-5-2-1-3-6-19)27-25(30)23-7-4-16-32-23/h1-11,16,22H,12-15,17-18H2,(H,26,29)(H,27,30). The highest BCUT2D eigenvalue weighted by molar-refractivity contribution is 7.12. The van der Waals surface area contributed by atoms with E-state index < -0.39 is 6.04 Å². The normalized spacial score (nSPS) is 15.1. The summed E-state index contributed by atoms with van der Waals surface area (Å²) in [5.41, 5.74) is 2.89. The smallest absolute Gasteiger partial charge is 0.262 e. The summed E-state index contributed by atoms with van der Waals surface area (Å²) in [7, 11) is 0. The van der Waals surface area contributed by atoms with Gasteiger partial charge in [0.15, 0.2) is 0 Å². The molecular formula is C25H27N3O3S. The van der Waals surface area contributed by atoms with Crippen molar-refractivity contribution in [3.8, 4) is 0 Å². The maximum atomic E-state index is 13.1. The number of hydrogen-bond acceptors (Lipinski definition) is 5. The van der Waals surface area contributed by atoms with E-state index in [-0.39, 0.29) is 11.8 Å². The lowest BCUT2D eigenvalue weighted by molar-refractivity contribution is -0.118. The number of rotatable bonds is 8. The van der Waals surface area contributed by atoms with Gasteiger partial charge in [-0.1, -0.05) is 48.5 Å². The van der Waals surface area contributed by atoms with Gasteiger partial charge in [-0.15, -0.1) is 11.3 Å². The Morgan fingerprint density at radius 3 is 2.38 bits per heavy atom. The fourth-order valence-corrected chi connectivity index (χ4v) is 4.26. The van der Waals surface area contributed by atoms with Crippen LogP contribution in [-0.2, 0) is 22.5 Å². The zero-order chi connectivity index (χ0) is 22.2. The van der Waals surface area contributed by atoms with Crippen LogP contribution in [0.2, 0.25) is 0 Å². The van der Waals surface area contributed by atoms with Crippen LogP contribution in [-0.4, -0.2) is 49.1 Å². The maximum absolute atomic E-state index is 13.1. The Morgan fingerprint density at radius 2 is 1.69 bits per heavy atom. The highest BCUT2D eigenvalue weighted by Crippen LogP contribution is 2.15. The molecule has 1 aliphatic heterocycles. The van der Waals surface area contributed by atoms with E-state index in [0.717, 1.165) is 38.4 Å². The molecule has 0 aliphatic carbocycles. The zero-order valence-electron chi connectivity index (χ0n) is 17.8. The van der Waals surface area contributed by atoms with E-state index in [1.807, 2.05) is 66.0 Å². The van der Waals surface area contributed by atoms with E-state index in [0.29, 0.717) is 17.0 Å². The van der Waals surface area contributed by atoms with Crippen LogP contribution >= 0.6 is 11.3 Å². The summed E-state index contributed by atoms with van der Waals surface area (Å²) in [5, 5.41) is 7.70. The van der Waals surface area contributed by atoms with E-state index in [4.69, 9.17) is 4.74 Å². The SMILES string of the molecule is O=C(NC(Cc1ccccc1)C(=O)Nc1ccc(CN2CCOCC2)cc1)c1cccs1. The van der Waals surface area contributed by atoms with Gasteiger partial charge in [0.05, 0.1) is 18.1 Å². The molecule has 4 rings (SSSR count). The molecular weight excluding hydrogens is 422 g/mol. The van der Waals surface area contributed by atoms with Gasteiger partial charge in [-0.2, -0.15) is 0 Å². The van der Waals surface area contributed by atoms with Crippen molar-refractivity contribution in [3.05, 3.63) is 88.1 Å². The molecule has 1 saturated heterocycles. The van der Waals surface area contributed by atoms with Gasteiger partial charge in [-0.25, -0.2) is 0 Å². The van der Waals surface area contributed by atoms with Crippen molar-refractivity contribution in [2.45, 2.75) is 19.0 Å². The lowest BCUT2D eigenvalue weighted by Gasteiger charge is -2.26. The van der Waals surface area contributed by atoms with E-state index in [1.54, 1.807) is 6.07 Å². The summed E-state index contributed by atoms with van der Waals surface area (Å²) in [5.74, 6) is -0.475. The monoisotopic (exact) mass is 449 g/mol. The van der Waals surface area contributed by atoms with Gasteiger partial charge in [0, 0.05) is 31.7 Å². The first-order chi connectivity index (χ1) is 15.7. The summed E-state index contributed by atoms with van der Waals surface area (Å²) in [6, 6.07) is 20.5. The van der Waals surface area contributed by atoms with Crippen LogP contribution in [0.4, 0.5) is 5.69 Å². The Balaban J connectivity index is 1.41. The predicted octanol–water partition coefficient (Wildman–Crippen LogP) is 3.56. The van der Waals surface area contributed by atoms with Crippen LogP contribution in [0.5, 0.6) is 0 Å². The number of nitrogens with one attached hydrogen (secondary N) is 2. The summed E-state index contributed by atoms with van der Waals surface area (Å²) in [4.78, 5) is 28.6. The van der Waals surface area contributed by atoms with Gasteiger partial charge in [0.1, 0.15) is 6.04 Å². The van der Waals surface area contributed by atoms with Crippen molar-refractivity contribution >= 4 is 28.8 Å². The molecule has 0 spiro atoms. The van der Waals surface area contributed by atoms with E-state index in [1.165, 1.54) is 16.9 Å². The number of thiophene rings is 1. The molecule has 1 fully saturated rings. The first-order valence-corrected chi connectivity index (χ1v) is 11.6. The third-order valence-electron chi connectivity index (χ3n) is 5.38. The van der Waals surface area contributed by atoms with Crippen molar-refractivity contribution in [1.29, 1.82) is 0 Å². The molecule has 2 N–H and O–H groups in total. The molecule has 1 aliphatic rings.